The number of likely N-dealkylation sites (tertiary alicyclic amines) is 1. The van der Waals surface area contributed by atoms with Gasteiger partial charge in [0.1, 0.15) is 0 Å². The second kappa shape index (κ2) is 4.38. The largest absolute Gasteiger partial charge is 0.390 e. The van der Waals surface area contributed by atoms with Crippen LogP contribution in [0.3, 0.4) is 0 Å². The van der Waals surface area contributed by atoms with Crippen LogP contribution in [0.5, 0.6) is 0 Å². The highest BCUT2D eigenvalue weighted by atomic mass is 16.3. The van der Waals surface area contributed by atoms with Gasteiger partial charge in [-0.15, -0.1) is 5.53 Å². The van der Waals surface area contributed by atoms with Crippen molar-refractivity contribution in [2.24, 2.45) is 0 Å². The zero-order valence-electron chi connectivity index (χ0n) is 9.40. The van der Waals surface area contributed by atoms with Crippen molar-refractivity contribution in [3.8, 4) is 0 Å². The van der Waals surface area contributed by atoms with E-state index in [0.29, 0.717) is 0 Å². The Balaban J connectivity index is 1.94. The Morgan fingerprint density at radius 2 is 2.40 bits per heavy atom. The first-order valence-corrected chi connectivity index (χ1v) is 5.59. The molecule has 0 unspecified atom stereocenters. The first kappa shape index (κ1) is 10.7. The average molecular weight is 212 g/mol. The molecule has 3 N–H and O–H groups in total. The first-order chi connectivity index (χ1) is 7.20. The van der Waals surface area contributed by atoms with Crippen LogP contribution in [0.4, 0.5) is 0 Å². The minimum absolute atomic E-state index is 0.178. The van der Waals surface area contributed by atoms with Crippen molar-refractivity contribution >= 4 is 0 Å². The van der Waals surface area contributed by atoms with Crippen LogP contribution in [0, 0.1) is 0 Å². The molecule has 0 bridgehead atoms. The fraction of sp³-hybridized carbons (Fsp3) is 0.800. The molecule has 0 spiro atoms. The Morgan fingerprint density at radius 3 is 2.93 bits per heavy atom. The Bertz CT molecular complexity index is 256. The number of aliphatic hydroxyl groups is 1. The predicted molar refractivity (Wildman–Crippen MR) is 58.4 cm³/mol. The fourth-order valence-corrected chi connectivity index (χ4v) is 2.20. The number of nitrogens with one attached hydrogen (secondary N) is 2. The van der Waals surface area contributed by atoms with Crippen LogP contribution in [-0.4, -0.2) is 46.8 Å². The van der Waals surface area contributed by atoms with E-state index in [-0.39, 0.29) is 12.1 Å². The molecule has 2 heterocycles. The Morgan fingerprint density at radius 1 is 1.60 bits per heavy atom. The van der Waals surface area contributed by atoms with Gasteiger partial charge in [0.2, 0.25) is 0 Å². The van der Waals surface area contributed by atoms with Gasteiger partial charge < -0.3 is 15.4 Å². The average Bonchev–Trinajstić information content (AvgIpc) is 2.64. The van der Waals surface area contributed by atoms with E-state index in [2.05, 4.69) is 22.8 Å². The number of hydrogen-bond acceptors (Lipinski definition) is 5. The molecule has 0 aliphatic carbocycles. The molecule has 0 aromatic rings. The van der Waals surface area contributed by atoms with E-state index in [1.165, 1.54) is 0 Å². The van der Waals surface area contributed by atoms with Gasteiger partial charge in [-0.3, -0.25) is 5.01 Å². The molecule has 0 aromatic heterocycles. The van der Waals surface area contributed by atoms with Crippen molar-refractivity contribution in [1.29, 1.82) is 0 Å². The smallest absolute Gasteiger partial charge is 0.0886 e. The second-order valence-corrected chi connectivity index (χ2v) is 4.27. The third-order valence-electron chi connectivity index (χ3n) is 3.15. The van der Waals surface area contributed by atoms with Crippen LogP contribution in [-0.2, 0) is 0 Å². The summed E-state index contributed by atoms with van der Waals surface area (Å²) in [5, 5.41) is 12.0. The number of aliphatic hydroxyl groups excluding tert-OH is 1. The molecule has 15 heavy (non-hydrogen) atoms. The number of allylic oxidation sites excluding steroid dienone is 1. The number of rotatable bonds is 2. The second-order valence-electron chi connectivity index (χ2n) is 4.27. The summed E-state index contributed by atoms with van der Waals surface area (Å²) in [5.74, 6) is 0. The van der Waals surface area contributed by atoms with Gasteiger partial charge in [-0.05, 0) is 19.9 Å². The molecular weight excluding hydrogens is 192 g/mol. The molecule has 2 rings (SSSR count). The summed E-state index contributed by atoms with van der Waals surface area (Å²) in [6.45, 7) is 6.98. The maximum Gasteiger partial charge on any atom is 0.0886 e. The van der Waals surface area contributed by atoms with Crippen LogP contribution < -0.4 is 11.0 Å². The van der Waals surface area contributed by atoms with Gasteiger partial charge in [0, 0.05) is 25.0 Å². The molecule has 2 aliphatic heterocycles. The van der Waals surface area contributed by atoms with Crippen LogP contribution in [0.2, 0.25) is 0 Å². The van der Waals surface area contributed by atoms with E-state index in [9.17, 15) is 5.11 Å². The molecule has 86 valence electrons. The molecule has 1 fully saturated rings. The third-order valence-corrected chi connectivity index (χ3v) is 3.15. The molecule has 5 nitrogen and oxygen atoms in total. The standard InChI is InChI=1S/C10H20N4O/c1-3-13-5-4-9(10(15)7-13)14-6-8(2)11-12-14/h6,9-12,15H,3-5,7H2,1-2H3/t9-,10-/m1/s1. The van der Waals surface area contributed by atoms with Crippen molar-refractivity contribution in [2.45, 2.75) is 32.4 Å². The SMILES string of the molecule is CCN1CC[C@@H](N2C=C(C)NN2)[C@H](O)C1. The van der Waals surface area contributed by atoms with Gasteiger partial charge in [-0.25, -0.2) is 0 Å². The van der Waals surface area contributed by atoms with Crippen molar-refractivity contribution in [3.63, 3.8) is 0 Å². The first-order valence-electron chi connectivity index (χ1n) is 5.59. The number of hydrogen-bond donors (Lipinski definition) is 3. The van der Waals surface area contributed by atoms with Crippen LogP contribution in [0.15, 0.2) is 11.9 Å². The minimum atomic E-state index is -0.282. The summed E-state index contributed by atoms with van der Waals surface area (Å²) in [5.41, 5.74) is 7.16. The number of piperidine rings is 1. The monoisotopic (exact) mass is 212 g/mol. The lowest BCUT2D eigenvalue weighted by atomic mass is 10.0. The van der Waals surface area contributed by atoms with Gasteiger partial charge >= 0.3 is 0 Å². The lowest BCUT2D eigenvalue weighted by Gasteiger charge is -2.39. The maximum atomic E-state index is 10.0. The zero-order chi connectivity index (χ0) is 10.8. The molecular formula is C10H20N4O. The van der Waals surface area contributed by atoms with Crippen LogP contribution >= 0.6 is 0 Å². The summed E-state index contributed by atoms with van der Waals surface area (Å²) < 4.78 is 0. The fourth-order valence-electron chi connectivity index (χ4n) is 2.20. The molecule has 0 amide bonds. The molecule has 5 heteroatoms. The molecule has 2 aliphatic rings. The van der Waals surface area contributed by atoms with Crippen molar-refractivity contribution in [2.75, 3.05) is 19.6 Å². The van der Waals surface area contributed by atoms with E-state index in [1.54, 1.807) is 0 Å². The molecule has 2 atom stereocenters. The predicted octanol–water partition coefficient (Wildman–Crippen LogP) is -0.372. The Labute approximate surface area is 90.7 Å². The van der Waals surface area contributed by atoms with E-state index in [4.69, 9.17) is 0 Å². The van der Waals surface area contributed by atoms with Gasteiger partial charge in [-0.2, -0.15) is 0 Å². The van der Waals surface area contributed by atoms with E-state index in [1.807, 2.05) is 18.1 Å². The molecule has 0 radical (unpaired) electrons. The zero-order valence-corrected chi connectivity index (χ0v) is 9.40. The van der Waals surface area contributed by atoms with Crippen molar-refractivity contribution in [3.05, 3.63) is 11.9 Å². The van der Waals surface area contributed by atoms with Gasteiger partial charge in [0.25, 0.3) is 0 Å². The van der Waals surface area contributed by atoms with Crippen molar-refractivity contribution < 1.29 is 5.11 Å². The lowest BCUT2D eigenvalue weighted by molar-refractivity contribution is -0.0106. The summed E-state index contributed by atoms with van der Waals surface area (Å²) in [7, 11) is 0. The minimum Gasteiger partial charge on any atom is -0.390 e. The molecule has 0 saturated carbocycles. The third kappa shape index (κ3) is 2.25. The summed E-state index contributed by atoms with van der Waals surface area (Å²) >= 11 is 0. The summed E-state index contributed by atoms with van der Waals surface area (Å²) in [6.07, 6.45) is 2.72. The van der Waals surface area contributed by atoms with Crippen LogP contribution in [0.25, 0.3) is 0 Å². The highest BCUT2D eigenvalue weighted by Crippen LogP contribution is 2.17. The van der Waals surface area contributed by atoms with E-state index in [0.717, 1.165) is 31.8 Å². The number of likely N-dealkylation sites (N-methyl/N-ethyl adjacent to an activating group) is 1. The maximum absolute atomic E-state index is 10.0. The van der Waals surface area contributed by atoms with Gasteiger partial charge in [0.15, 0.2) is 0 Å². The molecule has 0 aromatic carbocycles. The number of nitrogens with zero attached hydrogens (tertiary/aromatic N) is 2. The van der Waals surface area contributed by atoms with Crippen LogP contribution in [0.1, 0.15) is 20.3 Å². The number of β-amino-alcohol motifs (C(OH)–C–C–N with tert-alkyl or cyclic N) is 1. The summed E-state index contributed by atoms with van der Waals surface area (Å²) in [6, 6.07) is 0.178. The highest BCUT2D eigenvalue weighted by Gasteiger charge is 2.31. The van der Waals surface area contributed by atoms with Crippen molar-refractivity contribution in [1.82, 2.24) is 20.9 Å². The normalized spacial score (nSPS) is 32.7. The Hall–Kier alpha value is -0.780. The number of hydrazine groups is 2. The topological polar surface area (TPSA) is 50.8 Å². The lowest BCUT2D eigenvalue weighted by Crippen LogP contribution is -2.56. The molecule has 1 saturated heterocycles. The van der Waals surface area contributed by atoms with Gasteiger partial charge in [-0.1, -0.05) is 6.92 Å². The van der Waals surface area contributed by atoms with Gasteiger partial charge in [0.05, 0.1) is 12.1 Å². The quantitative estimate of drug-likeness (QED) is 0.583. The highest BCUT2D eigenvalue weighted by molar-refractivity contribution is 5.01. The Kier molecular flexibility index (Phi) is 3.14. The summed E-state index contributed by atoms with van der Waals surface area (Å²) in [4.78, 5) is 2.28. The van der Waals surface area contributed by atoms with E-state index >= 15 is 0 Å². The van der Waals surface area contributed by atoms with E-state index < -0.39 is 0 Å².